The maximum atomic E-state index is 12.3. The molecule has 1 heterocycles. The predicted octanol–water partition coefficient (Wildman–Crippen LogP) is 1.39. The molecule has 0 bridgehead atoms. The lowest BCUT2D eigenvalue weighted by Gasteiger charge is -2.33. The van der Waals surface area contributed by atoms with Gasteiger partial charge in [-0.25, -0.2) is 0 Å². The second-order valence-electron chi connectivity index (χ2n) is 5.88. The van der Waals surface area contributed by atoms with E-state index in [-0.39, 0.29) is 11.9 Å². The molecule has 6 nitrogen and oxygen atoms in total. The van der Waals surface area contributed by atoms with E-state index < -0.39 is 10.2 Å². The molecular formula is C16H25N3O3S. The second-order valence-corrected chi connectivity index (χ2v) is 7.92. The summed E-state index contributed by atoms with van der Waals surface area (Å²) >= 11 is 0. The molecule has 0 unspecified atom stereocenters. The lowest BCUT2D eigenvalue weighted by atomic mass is 10.0. The van der Waals surface area contributed by atoms with Gasteiger partial charge in [-0.1, -0.05) is 25.1 Å². The van der Waals surface area contributed by atoms with Gasteiger partial charge in [0.1, 0.15) is 0 Å². The molecule has 128 valence electrons. The third-order valence-electron chi connectivity index (χ3n) is 4.34. The van der Waals surface area contributed by atoms with Gasteiger partial charge < -0.3 is 5.32 Å². The van der Waals surface area contributed by atoms with Gasteiger partial charge in [-0.3, -0.25) is 4.79 Å². The molecule has 0 radical (unpaired) electrons. The molecule has 0 atom stereocenters. The van der Waals surface area contributed by atoms with Gasteiger partial charge in [0, 0.05) is 38.3 Å². The largest absolute Gasteiger partial charge is 0.349 e. The summed E-state index contributed by atoms with van der Waals surface area (Å²) in [5, 5.41) is 3.02. The molecule has 1 aliphatic heterocycles. The second kappa shape index (κ2) is 7.42. The Morgan fingerprint density at radius 2 is 1.91 bits per heavy atom. The summed E-state index contributed by atoms with van der Waals surface area (Å²) < 4.78 is 27.4. The highest BCUT2D eigenvalue weighted by molar-refractivity contribution is 7.86. The molecule has 0 aliphatic carbocycles. The Morgan fingerprint density at radius 1 is 1.30 bits per heavy atom. The molecule has 1 amide bonds. The molecule has 1 aromatic carbocycles. The molecule has 1 saturated heterocycles. The van der Waals surface area contributed by atoms with Crippen LogP contribution >= 0.6 is 0 Å². The summed E-state index contributed by atoms with van der Waals surface area (Å²) in [5.41, 5.74) is 1.61. The fourth-order valence-electron chi connectivity index (χ4n) is 2.68. The van der Waals surface area contributed by atoms with Crippen LogP contribution in [0.2, 0.25) is 0 Å². The van der Waals surface area contributed by atoms with Gasteiger partial charge in [-0.15, -0.1) is 0 Å². The van der Waals surface area contributed by atoms with E-state index in [1.807, 2.05) is 32.0 Å². The summed E-state index contributed by atoms with van der Waals surface area (Å²) in [4.78, 5) is 12.3. The number of amides is 1. The van der Waals surface area contributed by atoms with E-state index in [2.05, 4.69) is 5.32 Å². The molecule has 2 rings (SSSR count). The first-order valence-corrected chi connectivity index (χ1v) is 9.34. The number of aryl methyl sites for hydroxylation is 1. The summed E-state index contributed by atoms with van der Waals surface area (Å²) in [7, 11) is -1.78. The molecule has 1 N–H and O–H groups in total. The van der Waals surface area contributed by atoms with Crippen LogP contribution in [-0.4, -0.2) is 55.7 Å². The summed E-state index contributed by atoms with van der Waals surface area (Å²) in [6.45, 7) is 5.04. The van der Waals surface area contributed by atoms with Gasteiger partial charge in [0.15, 0.2) is 0 Å². The standard InChI is InChI=1S/C16H25N3O3S/c1-4-18(3)23(21,22)19-11-9-14(10-12-19)17-16(20)15-8-6-5-7-13(15)2/h5-8,14H,4,9-12H2,1-3H3,(H,17,20). The smallest absolute Gasteiger partial charge is 0.281 e. The van der Waals surface area contributed by atoms with Crippen molar-refractivity contribution in [3.05, 3.63) is 35.4 Å². The lowest BCUT2D eigenvalue weighted by Crippen LogP contribution is -2.50. The van der Waals surface area contributed by atoms with Gasteiger partial charge in [0.2, 0.25) is 0 Å². The van der Waals surface area contributed by atoms with Crippen LogP contribution in [0.1, 0.15) is 35.7 Å². The number of rotatable bonds is 5. The van der Waals surface area contributed by atoms with E-state index in [9.17, 15) is 13.2 Å². The molecule has 23 heavy (non-hydrogen) atoms. The normalized spacial score (nSPS) is 17.4. The molecule has 0 aromatic heterocycles. The highest BCUT2D eigenvalue weighted by Gasteiger charge is 2.31. The number of piperidine rings is 1. The Bertz CT molecular complexity index is 652. The first kappa shape index (κ1) is 17.9. The molecule has 0 spiro atoms. The minimum Gasteiger partial charge on any atom is -0.349 e. The van der Waals surface area contributed by atoms with E-state index in [1.165, 1.54) is 8.61 Å². The summed E-state index contributed by atoms with van der Waals surface area (Å²) in [6.07, 6.45) is 1.27. The first-order chi connectivity index (χ1) is 10.9. The predicted molar refractivity (Wildman–Crippen MR) is 90.5 cm³/mol. The average molecular weight is 339 g/mol. The zero-order valence-corrected chi connectivity index (χ0v) is 14.8. The van der Waals surface area contributed by atoms with Crippen molar-refractivity contribution in [2.24, 2.45) is 0 Å². The first-order valence-electron chi connectivity index (χ1n) is 7.94. The molecule has 1 fully saturated rings. The van der Waals surface area contributed by atoms with E-state index >= 15 is 0 Å². The third-order valence-corrected chi connectivity index (χ3v) is 6.41. The zero-order chi connectivity index (χ0) is 17.0. The topological polar surface area (TPSA) is 69.7 Å². The Morgan fingerprint density at radius 3 is 2.48 bits per heavy atom. The molecule has 1 aliphatic rings. The fraction of sp³-hybridized carbons (Fsp3) is 0.562. The zero-order valence-electron chi connectivity index (χ0n) is 13.9. The van der Waals surface area contributed by atoms with E-state index in [0.717, 1.165) is 5.56 Å². The van der Waals surface area contributed by atoms with Crippen molar-refractivity contribution < 1.29 is 13.2 Å². The fourth-order valence-corrected chi connectivity index (χ4v) is 4.07. The quantitative estimate of drug-likeness (QED) is 0.881. The highest BCUT2D eigenvalue weighted by atomic mass is 32.2. The van der Waals surface area contributed by atoms with Crippen LogP contribution in [0.15, 0.2) is 24.3 Å². The summed E-state index contributed by atoms with van der Waals surface area (Å²) in [6, 6.07) is 7.48. The average Bonchev–Trinajstić information content (AvgIpc) is 2.54. The Labute approximate surface area is 138 Å². The molecule has 0 saturated carbocycles. The number of benzene rings is 1. The van der Waals surface area contributed by atoms with E-state index in [4.69, 9.17) is 0 Å². The van der Waals surface area contributed by atoms with Crippen molar-refractivity contribution in [1.82, 2.24) is 13.9 Å². The number of carbonyl (C=O) groups is 1. The van der Waals surface area contributed by atoms with Gasteiger partial charge in [-0.05, 0) is 31.4 Å². The molecule has 7 heteroatoms. The Kier molecular flexibility index (Phi) is 5.78. The van der Waals surface area contributed by atoms with Crippen LogP contribution in [0, 0.1) is 6.92 Å². The minimum absolute atomic E-state index is 0.0143. The van der Waals surface area contributed by atoms with E-state index in [1.54, 1.807) is 13.1 Å². The van der Waals surface area contributed by atoms with Crippen LogP contribution in [0.5, 0.6) is 0 Å². The number of nitrogens with one attached hydrogen (secondary N) is 1. The summed E-state index contributed by atoms with van der Waals surface area (Å²) in [5.74, 6) is -0.0879. The highest BCUT2D eigenvalue weighted by Crippen LogP contribution is 2.17. The monoisotopic (exact) mass is 339 g/mol. The van der Waals surface area contributed by atoms with Crippen LogP contribution in [-0.2, 0) is 10.2 Å². The van der Waals surface area contributed by atoms with Gasteiger partial charge in [-0.2, -0.15) is 17.0 Å². The number of nitrogens with zero attached hydrogens (tertiary/aromatic N) is 2. The van der Waals surface area contributed by atoms with Crippen molar-refractivity contribution in [3.8, 4) is 0 Å². The van der Waals surface area contributed by atoms with Gasteiger partial charge in [0.25, 0.3) is 16.1 Å². The van der Waals surface area contributed by atoms with Crippen molar-refractivity contribution in [2.45, 2.75) is 32.7 Å². The maximum Gasteiger partial charge on any atom is 0.281 e. The molecule has 1 aromatic rings. The Balaban J connectivity index is 1.93. The van der Waals surface area contributed by atoms with Crippen LogP contribution in [0.25, 0.3) is 0 Å². The van der Waals surface area contributed by atoms with Crippen molar-refractivity contribution in [1.29, 1.82) is 0 Å². The third kappa shape index (κ3) is 4.10. The molecular weight excluding hydrogens is 314 g/mol. The minimum atomic E-state index is -3.37. The number of carbonyl (C=O) groups excluding carboxylic acids is 1. The Hall–Kier alpha value is -1.44. The van der Waals surface area contributed by atoms with Crippen molar-refractivity contribution >= 4 is 16.1 Å². The van der Waals surface area contributed by atoms with Crippen molar-refractivity contribution in [2.75, 3.05) is 26.7 Å². The van der Waals surface area contributed by atoms with Crippen LogP contribution in [0.3, 0.4) is 0 Å². The number of hydrogen-bond donors (Lipinski definition) is 1. The van der Waals surface area contributed by atoms with Crippen LogP contribution < -0.4 is 5.32 Å². The van der Waals surface area contributed by atoms with Crippen LogP contribution in [0.4, 0.5) is 0 Å². The lowest BCUT2D eigenvalue weighted by molar-refractivity contribution is 0.0922. The van der Waals surface area contributed by atoms with E-state index in [0.29, 0.717) is 38.0 Å². The van der Waals surface area contributed by atoms with Gasteiger partial charge in [0.05, 0.1) is 0 Å². The van der Waals surface area contributed by atoms with Gasteiger partial charge >= 0.3 is 0 Å². The number of hydrogen-bond acceptors (Lipinski definition) is 3. The van der Waals surface area contributed by atoms with Crippen molar-refractivity contribution in [3.63, 3.8) is 0 Å². The maximum absolute atomic E-state index is 12.3. The SMILES string of the molecule is CCN(C)S(=O)(=O)N1CCC(NC(=O)c2ccccc2C)CC1.